The molecule has 0 bridgehead atoms. The number of hydrogen-bond acceptors (Lipinski definition) is 3. The Labute approximate surface area is 112 Å². The fourth-order valence-corrected chi connectivity index (χ4v) is 1.62. The first-order chi connectivity index (χ1) is 8.63. The van der Waals surface area contributed by atoms with Gasteiger partial charge in [-0.25, -0.2) is 0 Å². The van der Waals surface area contributed by atoms with Crippen molar-refractivity contribution in [2.75, 3.05) is 7.11 Å². The number of alkyl halides is 1. The van der Waals surface area contributed by atoms with E-state index in [2.05, 4.69) is 4.74 Å². The number of halogens is 1. The summed E-state index contributed by atoms with van der Waals surface area (Å²) in [5.74, 6) is -0.320. The number of carbonyl (C=O) groups is 1. The summed E-state index contributed by atoms with van der Waals surface area (Å²) < 4.78 is 4.51. The Bertz CT molecular complexity index is 389. The molecule has 0 aliphatic rings. The molecule has 3 nitrogen and oxygen atoms in total. The molecule has 1 rings (SSSR count). The summed E-state index contributed by atoms with van der Waals surface area (Å²) >= 11 is 5.99. The molecule has 0 saturated heterocycles. The molecule has 1 aromatic rings. The number of ether oxygens (including phenoxy) is 1. The van der Waals surface area contributed by atoms with E-state index in [1.54, 1.807) is 12.2 Å². The minimum absolute atomic E-state index is 0.209. The van der Waals surface area contributed by atoms with Gasteiger partial charge in [-0.15, -0.1) is 11.6 Å². The van der Waals surface area contributed by atoms with E-state index in [-0.39, 0.29) is 12.4 Å². The average Bonchev–Trinajstić information content (AvgIpc) is 2.42. The van der Waals surface area contributed by atoms with Gasteiger partial charge in [0.2, 0.25) is 0 Å². The molecule has 0 spiro atoms. The van der Waals surface area contributed by atoms with Crippen molar-refractivity contribution in [3.63, 3.8) is 0 Å². The van der Waals surface area contributed by atoms with E-state index >= 15 is 0 Å². The van der Waals surface area contributed by atoms with Gasteiger partial charge in [0.1, 0.15) is 0 Å². The molecule has 1 N–H and O–H groups in total. The molecule has 0 saturated carbocycles. The summed E-state index contributed by atoms with van der Waals surface area (Å²) in [6, 6.07) is 9.62. The predicted molar refractivity (Wildman–Crippen MR) is 72.4 cm³/mol. The van der Waals surface area contributed by atoms with E-state index in [0.29, 0.717) is 6.42 Å². The second kappa shape index (κ2) is 7.90. The van der Waals surface area contributed by atoms with Crippen LogP contribution in [0, 0.1) is 0 Å². The molecular formula is C14H17ClO3. The Hall–Kier alpha value is -1.32. The molecule has 0 aliphatic carbocycles. The number of aliphatic hydroxyl groups excluding tert-OH is 1. The lowest BCUT2D eigenvalue weighted by molar-refractivity contribution is -0.140. The lowest BCUT2D eigenvalue weighted by Gasteiger charge is -2.12. The van der Waals surface area contributed by atoms with Gasteiger partial charge in [0, 0.05) is 6.42 Å². The van der Waals surface area contributed by atoms with E-state index < -0.39 is 11.5 Å². The standard InChI is InChI=1S/C14H17ClO3/c1-18-14(17)10-8-12(15)13(16)9-7-11-5-3-2-4-6-11/h2-7,9,12-13,16H,8,10H2,1H3/b9-7-/t12-,13+/m1/s1. The van der Waals surface area contributed by atoms with Gasteiger partial charge in [-0.05, 0) is 12.0 Å². The first kappa shape index (κ1) is 14.7. The quantitative estimate of drug-likeness (QED) is 0.637. The third-order valence-corrected chi connectivity index (χ3v) is 2.98. The summed E-state index contributed by atoms with van der Waals surface area (Å²) in [5, 5.41) is 9.30. The van der Waals surface area contributed by atoms with Gasteiger partial charge in [0.25, 0.3) is 0 Å². The SMILES string of the molecule is COC(=O)CC[C@@H](Cl)[C@@H](O)/C=C\c1ccccc1. The maximum Gasteiger partial charge on any atom is 0.305 e. The largest absolute Gasteiger partial charge is 0.469 e. The van der Waals surface area contributed by atoms with Crippen LogP contribution < -0.4 is 0 Å². The highest BCUT2D eigenvalue weighted by molar-refractivity contribution is 6.21. The zero-order valence-corrected chi connectivity index (χ0v) is 11.0. The maximum atomic E-state index is 10.9. The van der Waals surface area contributed by atoms with Crippen LogP contribution in [-0.2, 0) is 9.53 Å². The molecule has 0 unspecified atom stereocenters. The van der Waals surface area contributed by atoms with Crippen LogP contribution in [0.1, 0.15) is 18.4 Å². The van der Waals surface area contributed by atoms with Crippen molar-refractivity contribution < 1.29 is 14.6 Å². The topological polar surface area (TPSA) is 46.5 Å². The number of methoxy groups -OCH3 is 1. The molecule has 0 radical (unpaired) electrons. The summed E-state index contributed by atoms with van der Waals surface area (Å²) in [6.45, 7) is 0. The Kier molecular flexibility index (Phi) is 6.47. The highest BCUT2D eigenvalue weighted by Gasteiger charge is 2.15. The number of rotatable bonds is 6. The predicted octanol–water partition coefficient (Wildman–Crippen LogP) is 2.62. The van der Waals surface area contributed by atoms with E-state index in [0.717, 1.165) is 5.56 Å². The van der Waals surface area contributed by atoms with E-state index in [9.17, 15) is 9.90 Å². The van der Waals surface area contributed by atoms with Crippen LogP contribution in [0.4, 0.5) is 0 Å². The van der Waals surface area contributed by atoms with Crippen LogP contribution in [0.25, 0.3) is 6.08 Å². The normalized spacial score (nSPS) is 14.4. The monoisotopic (exact) mass is 268 g/mol. The third-order valence-electron chi connectivity index (χ3n) is 2.51. The minimum atomic E-state index is -0.781. The average molecular weight is 269 g/mol. The number of benzene rings is 1. The van der Waals surface area contributed by atoms with E-state index in [4.69, 9.17) is 11.6 Å². The summed E-state index contributed by atoms with van der Waals surface area (Å²) in [5.41, 5.74) is 0.994. The smallest absolute Gasteiger partial charge is 0.305 e. The van der Waals surface area contributed by atoms with Gasteiger partial charge < -0.3 is 9.84 Å². The van der Waals surface area contributed by atoms with Crippen molar-refractivity contribution in [3.05, 3.63) is 42.0 Å². The van der Waals surface area contributed by atoms with Crippen LogP contribution in [0.3, 0.4) is 0 Å². The van der Waals surface area contributed by atoms with Crippen LogP contribution >= 0.6 is 11.6 Å². The van der Waals surface area contributed by atoms with Crippen molar-refractivity contribution in [1.29, 1.82) is 0 Å². The second-order valence-corrected chi connectivity index (χ2v) is 4.45. The zero-order chi connectivity index (χ0) is 13.4. The Morgan fingerprint density at radius 1 is 1.44 bits per heavy atom. The van der Waals surface area contributed by atoms with Crippen molar-refractivity contribution in [2.24, 2.45) is 0 Å². The molecule has 0 amide bonds. The van der Waals surface area contributed by atoms with Crippen molar-refractivity contribution in [3.8, 4) is 0 Å². The Balaban J connectivity index is 2.42. The first-order valence-electron chi connectivity index (χ1n) is 5.75. The van der Waals surface area contributed by atoms with Gasteiger partial charge in [-0.3, -0.25) is 4.79 Å². The Morgan fingerprint density at radius 3 is 2.72 bits per heavy atom. The highest BCUT2D eigenvalue weighted by atomic mass is 35.5. The van der Waals surface area contributed by atoms with Crippen LogP contribution in [-0.4, -0.2) is 29.7 Å². The van der Waals surface area contributed by atoms with Crippen molar-refractivity contribution in [2.45, 2.75) is 24.3 Å². The fourth-order valence-electron chi connectivity index (χ4n) is 1.42. The number of carbonyl (C=O) groups excluding carboxylic acids is 1. The number of hydrogen-bond donors (Lipinski definition) is 1. The summed E-state index contributed by atoms with van der Waals surface area (Å²) in [7, 11) is 1.33. The lowest BCUT2D eigenvalue weighted by atomic mass is 10.1. The molecule has 0 heterocycles. The van der Waals surface area contributed by atoms with Crippen LogP contribution in [0.15, 0.2) is 36.4 Å². The molecule has 0 fully saturated rings. The van der Waals surface area contributed by atoms with Crippen LogP contribution in [0.5, 0.6) is 0 Å². The molecule has 0 aromatic heterocycles. The molecular weight excluding hydrogens is 252 g/mol. The molecule has 98 valence electrons. The minimum Gasteiger partial charge on any atom is -0.469 e. The Morgan fingerprint density at radius 2 is 2.11 bits per heavy atom. The lowest BCUT2D eigenvalue weighted by Crippen LogP contribution is -2.19. The van der Waals surface area contributed by atoms with Gasteiger partial charge >= 0.3 is 5.97 Å². The van der Waals surface area contributed by atoms with Gasteiger partial charge in [-0.1, -0.05) is 42.5 Å². The van der Waals surface area contributed by atoms with E-state index in [1.165, 1.54) is 7.11 Å². The molecule has 2 atom stereocenters. The van der Waals surface area contributed by atoms with Crippen molar-refractivity contribution in [1.82, 2.24) is 0 Å². The summed E-state index contributed by atoms with van der Waals surface area (Å²) in [4.78, 5) is 10.9. The zero-order valence-electron chi connectivity index (χ0n) is 10.3. The fraction of sp³-hybridized carbons (Fsp3) is 0.357. The van der Waals surface area contributed by atoms with Crippen molar-refractivity contribution >= 4 is 23.6 Å². The highest BCUT2D eigenvalue weighted by Crippen LogP contribution is 2.13. The number of aliphatic hydroxyl groups is 1. The molecule has 1 aromatic carbocycles. The maximum absolute atomic E-state index is 10.9. The van der Waals surface area contributed by atoms with Gasteiger partial charge in [0.05, 0.1) is 18.6 Å². The van der Waals surface area contributed by atoms with Crippen LogP contribution in [0.2, 0.25) is 0 Å². The first-order valence-corrected chi connectivity index (χ1v) is 6.19. The molecule has 0 aliphatic heterocycles. The van der Waals surface area contributed by atoms with E-state index in [1.807, 2.05) is 30.3 Å². The second-order valence-electron chi connectivity index (χ2n) is 3.89. The van der Waals surface area contributed by atoms with Gasteiger partial charge in [0.15, 0.2) is 0 Å². The third kappa shape index (κ3) is 5.34. The summed E-state index contributed by atoms with van der Waals surface area (Å²) in [6.07, 6.45) is 3.24. The molecule has 4 heteroatoms. The number of esters is 1. The molecule has 18 heavy (non-hydrogen) atoms. The van der Waals surface area contributed by atoms with Gasteiger partial charge in [-0.2, -0.15) is 0 Å².